The van der Waals surface area contributed by atoms with E-state index in [0.29, 0.717) is 18.9 Å². The van der Waals surface area contributed by atoms with Crippen molar-refractivity contribution in [1.29, 1.82) is 0 Å². The molecule has 1 fully saturated rings. The number of rotatable bonds is 5. The van der Waals surface area contributed by atoms with Crippen LogP contribution in [0.1, 0.15) is 31.9 Å². The number of halogens is 1. The summed E-state index contributed by atoms with van der Waals surface area (Å²) in [5.74, 6) is 1.82. The number of piperidine rings is 1. The number of furan rings is 1. The van der Waals surface area contributed by atoms with Crippen molar-refractivity contribution in [2.24, 2.45) is 16.6 Å². The van der Waals surface area contributed by atoms with Crippen molar-refractivity contribution in [2.45, 2.75) is 32.7 Å². The molecule has 6 nitrogen and oxygen atoms in total. The molecule has 1 aromatic heterocycles. The first-order valence-electron chi connectivity index (χ1n) is 7.53. The maximum absolute atomic E-state index is 11.1. The number of carbonyl (C=O) groups is 1. The van der Waals surface area contributed by atoms with Crippen LogP contribution in [0.3, 0.4) is 0 Å². The van der Waals surface area contributed by atoms with E-state index < -0.39 is 0 Å². The molecule has 1 aliphatic heterocycles. The summed E-state index contributed by atoms with van der Waals surface area (Å²) >= 11 is 0. The van der Waals surface area contributed by atoms with Gasteiger partial charge in [-0.15, -0.1) is 24.0 Å². The second kappa shape index (κ2) is 9.70. The number of hydrogen-bond acceptors (Lipinski definition) is 3. The van der Waals surface area contributed by atoms with Crippen LogP contribution in [0.25, 0.3) is 0 Å². The number of primary amides is 1. The predicted octanol–water partition coefficient (Wildman–Crippen LogP) is 1.95. The predicted molar refractivity (Wildman–Crippen MR) is 97.0 cm³/mol. The fourth-order valence-electron chi connectivity index (χ4n) is 2.69. The zero-order valence-electron chi connectivity index (χ0n) is 13.0. The Morgan fingerprint density at radius 1 is 1.59 bits per heavy atom. The minimum absolute atomic E-state index is 0. The summed E-state index contributed by atoms with van der Waals surface area (Å²) in [7, 11) is 0. The standard InChI is InChI=1S/C15H24N4O2.HI/c1-2-17-15(18-10-13-6-4-8-21-13)19-7-3-5-12(11-19)9-14(16)20;/h4,6,8,12H,2-3,5,7,9-11H2,1H3,(H2,16,20)(H,17,18);1H. The molecule has 124 valence electrons. The summed E-state index contributed by atoms with van der Waals surface area (Å²) in [6.07, 6.45) is 4.22. The Hall–Kier alpha value is -1.25. The molecule has 0 spiro atoms. The lowest BCUT2D eigenvalue weighted by Gasteiger charge is -2.34. The maximum atomic E-state index is 11.1. The summed E-state index contributed by atoms with van der Waals surface area (Å²) < 4.78 is 5.31. The Labute approximate surface area is 148 Å². The van der Waals surface area contributed by atoms with E-state index in [-0.39, 0.29) is 29.9 Å². The van der Waals surface area contributed by atoms with Crippen LogP contribution in [-0.4, -0.2) is 36.4 Å². The first kappa shape index (κ1) is 18.8. The van der Waals surface area contributed by atoms with Crippen LogP contribution in [0.2, 0.25) is 0 Å². The van der Waals surface area contributed by atoms with Crippen LogP contribution in [0.5, 0.6) is 0 Å². The van der Waals surface area contributed by atoms with Crippen molar-refractivity contribution in [3.05, 3.63) is 24.2 Å². The summed E-state index contributed by atoms with van der Waals surface area (Å²) in [5, 5.41) is 3.31. The molecular formula is C15H25IN4O2. The third-order valence-corrected chi connectivity index (χ3v) is 3.61. The molecule has 0 bridgehead atoms. The highest BCUT2D eigenvalue weighted by Crippen LogP contribution is 2.19. The molecule has 0 saturated carbocycles. The summed E-state index contributed by atoms with van der Waals surface area (Å²) in [6, 6.07) is 3.78. The van der Waals surface area contributed by atoms with Crippen LogP contribution in [0.15, 0.2) is 27.8 Å². The van der Waals surface area contributed by atoms with E-state index >= 15 is 0 Å². The second-order valence-electron chi connectivity index (χ2n) is 5.37. The lowest BCUT2D eigenvalue weighted by atomic mass is 9.95. The van der Waals surface area contributed by atoms with Gasteiger partial charge in [-0.3, -0.25) is 4.79 Å². The highest BCUT2D eigenvalue weighted by atomic mass is 127. The van der Waals surface area contributed by atoms with Gasteiger partial charge in [0.25, 0.3) is 0 Å². The highest BCUT2D eigenvalue weighted by molar-refractivity contribution is 14.0. The lowest BCUT2D eigenvalue weighted by molar-refractivity contribution is -0.119. The zero-order valence-corrected chi connectivity index (χ0v) is 15.3. The van der Waals surface area contributed by atoms with Gasteiger partial charge in [0, 0.05) is 26.1 Å². The quantitative estimate of drug-likeness (QED) is 0.434. The molecule has 7 heteroatoms. The zero-order chi connectivity index (χ0) is 15.1. The topological polar surface area (TPSA) is 83.9 Å². The Bertz CT molecular complexity index is 476. The minimum Gasteiger partial charge on any atom is -0.467 e. The molecule has 2 heterocycles. The van der Waals surface area contributed by atoms with E-state index in [1.807, 2.05) is 19.1 Å². The number of nitrogens with two attached hydrogens (primary N) is 1. The van der Waals surface area contributed by atoms with E-state index in [4.69, 9.17) is 10.2 Å². The van der Waals surface area contributed by atoms with Crippen molar-refractivity contribution in [3.8, 4) is 0 Å². The van der Waals surface area contributed by atoms with Crippen LogP contribution in [-0.2, 0) is 11.3 Å². The van der Waals surface area contributed by atoms with Gasteiger partial charge in [-0.1, -0.05) is 0 Å². The first-order chi connectivity index (χ1) is 10.2. The monoisotopic (exact) mass is 420 g/mol. The average molecular weight is 420 g/mol. The van der Waals surface area contributed by atoms with Gasteiger partial charge in [-0.2, -0.15) is 0 Å². The molecule has 1 saturated heterocycles. The van der Waals surface area contributed by atoms with E-state index in [9.17, 15) is 4.79 Å². The van der Waals surface area contributed by atoms with Gasteiger partial charge in [-0.25, -0.2) is 4.99 Å². The lowest BCUT2D eigenvalue weighted by Crippen LogP contribution is -2.47. The summed E-state index contributed by atoms with van der Waals surface area (Å²) in [5.41, 5.74) is 5.31. The number of aliphatic imine (C=N–C) groups is 1. The third kappa shape index (κ3) is 5.86. The molecule has 0 aliphatic carbocycles. The summed E-state index contributed by atoms with van der Waals surface area (Å²) in [6.45, 7) is 5.17. The SMILES string of the molecule is CCNC(=NCc1ccco1)N1CCCC(CC(N)=O)C1.I. The van der Waals surface area contributed by atoms with Crippen molar-refractivity contribution in [2.75, 3.05) is 19.6 Å². The third-order valence-electron chi connectivity index (χ3n) is 3.61. The maximum Gasteiger partial charge on any atom is 0.217 e. The van der Waals surface area contributed by atoms with Gasteiger partial charge in [0.05, 0.1) is 6.26 Å². The summed E-state index contributed by atoms with van der Waals surface area (Å²) in [4.78, 5) is 17.9. The molecular weight excluding hydrogens is 395 g/mol. The molecule has 0 radical (unpaired) electrons. The Morgan fingerprint density at radius 3 is 3.05 bits per heavy atom. The van der Waals surface area contributed by atoms with Crippen molar-refractivity contribution in [3.63, 3.8) is 0 Å². The van der Waals surface area contributed by atoms with Gasteiger partial charge < -0.3 is 20.4 Å². The Kier molecular flexibility index (Phi) is 8.29. The molecule has 0 aromatic carbocycles. The van der Waals surface area contributed by atoms with Crippen LogP contribution in [0.4, 0.5) is 0 Å². The number of nitrogens with zero attached hydrogens (tertiary/aromatic N) is 2. The smallest absolute Gasteiger partial charge is 0.217 e. The van der Waals surface area contributed by atoms with E-state index in [2.05, 4.69) is 15.2 Å². The fourth-order valence-corrected chi connectivity index (χ4v) is 2.69. The number of hydrogen-bond donors (Lipinski definition) is 2. The van der Waals surface area contributed by atoms with Crippen molar-refractivity contribution >= 4 is 35.8 Å². The van der Waals surface area contributed by atoms with Gasteiger partial charge >= 0.3 is 0 Å². The molecule has 1 unspecified atom stereocenters. The number of carbonyl (C=O) groups excluding carboxylic acids is 1. The Morgan fingerprint density at radius 2 is 2.41 bits per heavy atom. The fraction of sp³-hybridized carbons (Fsp3) is 0.600. The molecule has 2 rings (SSSR count). The van der Waals surface area contributed by atoms with E-state index in [1.54, 1.807) is 6.26 Å². The first-order valence-corrected chi connectivity index (χ1v) is 7.53. The van der Waals surface area contributed by atoms with Crippen LogP contribution >= 0.6 is 24.0 Å². The molecule has 3 N–H and O–H groups in total. The van der Waals surface area contributed by atoms with Crippen molar-refractivity contribution in [1.82, 2.24) is 10.2 Å². The number of guanidine groups is 1. The molecule has 1 aromatic rings. The number of likely N-dealkylation sites (tertiary alicyclic amines) is 1. The van der Waals surface area contributed by atoms with Gasteiger partial charge in [0.1, 0.15) is 12.3 Å². The average Bonchev–Trinajstić information content (AvgIpc) is 2.96. The van der Waals surface area contributed by atoms with E-state index in [1.165, 1.54) is 0 Å². The van der Waals surface area contributed by atoms with Crippen LogP contribution in [0, 0.1) is 5.92 Å². The van der Waals surface area contributed by atoms with Crippen LogP contribution < -0.4 is 11.1 Å². The molecule has 1 atom stereocenters. The largest absolute Gasteiger partial charge is 0.467 e. The van der Waals surface area contributed by atoms with Gasteiger partial charge in [0.2, 0.25) is 5.91 Å². The number of nitrogens with one attached hydrogen (secondary N) is 1. The van der Waals surface area contributed by atoms with Gasteiger partial charge in [-0.05, 0) is 37.8 Å². The van der Waals surface area contributed by atoms with Gasteiger partial charge in [0.15, 0.2) is 5.96 Å². The highest BCUT2D eigenvalue weighted by Gasteiger charge is 2.23. The molecule has 22 heavy (non-hydrogen) atoms. The second-order valence-corrected chi connectivity index (χ2v) is 5.37. The minimum atomic E-state index is -0.223. The van der Waals surface area contributed by atoms with E-state index in [0.717, 1.165) is 44.2 Å². The normalized spacial score (nSPS) is 18.7. The molecule has 1 aliphatic rings. The van der Waals surface area contributed by atoms with Crippen molar-refractivity contribution < 1.29 is 9.21 Å². The number of amides is 1. The molecule has 1 amide bonds. The Balaban J connectivity index is 0.00000242.